The molecule has 0 radical (unpaired) electrons. The molecule has 10 aromatic rings. The van der Waals surface area contributed by atoms with Gasteiger partial charge in [0.15, 0.2) is 0 Å². The highest BCUT2D eigenvalue weighted by atomic mass is 15.2. The second kappa shape index (κ2) is 10.7. The Bertz CT molecular complexity index is 3250. The highest BCUT2D eigenvalue weighted by Gasteiger charge is 2.43. The maximum Gasteiger partial charge on any atom is 0.252 e. The summed E-state index contributed by atoms with van der Waals surface area (Å²) in [6, 6.07) is 70.1. The second-order valence-corrected chi connectivity index (χ2v) is 15.2. The van der Waals surface area contributed by atoms with Crippen LogP contribution in [0.25, 0.3) is 82.8 Å². The van der Waals surface area contributed by atoms with Crippen LogP contribution in [0.1, 0.15) is 0 Å². The van der Waals surface area contributed by atoms with E-state index < -0.39 is 0 Å². The number of benzene rings is 9. The third-order valence-corrected chi connectivity index (χ3v) is 12.5. The molecule has 0 bridgehead atoms. The summed E-state index contributed by atoms with van der Waals surface area (Å²) in [6.45, 7) is 0.0554. The van der Waals surface area contributed by atoms with Gasteiger partial charge in [0.2, 0.25) is 0 Å². The van der Waals surface area contributed by atoms with E-state index in [1.165, 1.54) is 111 Å². The summed E-state index contributed by atoms with van der Waals surface area (Å²) in [5, 5.41) is 5.37. The van der Waals surface area contributed by atoms with E-state index in [4.69, 9.17) is 0 Å². The molecule has 0 saturated heterocycles. The van der Waals surface area contributed by atoms with Crippen molar-refractivity contribution < 1.29 is 0 Å². The number of aromatic nitrogens is 1. The minimum Gasteiger partial charge on any atom is -0.311 e. The van der Waals surface area contributed by atoms with Gasteiger partial charge >= 0.3 is 0 Å². The fraction of sp³-hybridized carbons (Fsp3) is 0. The lowest BCUT2D eigenvalue weighted by Crippen LogP contribution is -2.60. The van der Waals surface area contributed by atoms with Gasteiger partial charge in [-0.2, -0.15) is 0 Å². The normalized spacial score (nSPS) is 13.0. The molecule has 0 amide bonds. The summed E-state index contributed by atoms with van der Waals surface area (Å²) >= 11 is 0. The van der Waals surface area contributed by atoms with Gasteiger partial charge in [0.05, 0.1) is 11.0 Å². The molecule has 252 valence electrons. The van der Waals surface area contributed by atoms with Gasteiger partial charge in [0.25, 0.3) is 6.71 Å². The van der Waals surface area contributed by atoms with Crippen LogP contribution in [0.15, 0.2) is 188 Å². The van der Waals surface area contributed by atoms with Crippen LogP contribution in [0.3, 0.4) is 0 Å². The van der Waals surface area contributed by atoms with Crippen molar-refractivity contribution in [1.29, 1.82) is 0 Å². The molecule has 1 aromatic heterocycles. The Kier molecular flexibility index (Phi) is 5.74. The first-order valence-electron chi connectivity index (χ1n) is 19.2. The van der Waals surface area contributed by atoms with Crippen molar-refractivity contribution in [3.8, 4) is 50.2 Å². The maximum atomic E-state index is 2.60. The molecule has 0 unspecified atom stereocenters. The zero-order chi connectivity index (χ0) is 35.8. The molecule has 0 fully saturated rings. The predicted octanol–water partition coefficient (Wildman–Crippen LogP) is 11.5. The van der Waals surface area contributed by atoms with Gasteiger partial charge in [-0.05, 0) is 108 Å². The van der Waals surface area contributed by atoms with Crippen molar-refractivity contribution in [3.05, 3.63) is 188 Å². The summed E-state index contributed by atoms with van der Waals surface area (Å²) in [5.41, 5.74) is 21.7. The number of nitrogens with zero attached hydrogens (tertiary/aromatic N) is 2. The monoisotopic (exact) mass is 694 g/mol. The van der Waals surface area contributed by atoms with Crippen LogP contribution in [0, 0.1) is 0 Å². The molecule has 0 N–H and O–H groups in total. The van der Waals surface area contributed by atoms with Gasteiger partial charge in [-0.3, -0.25) is 0 Å². The Morgan fingerprint density at radius 3 is 1.78 bits per heavy atom. The van der Waals surface area contributed by atoms with E-state index in [2.05, 4.69) is 198 Å². The fourth-order valence-corrected chi connectivity index (χ4v) is 10.3. The van der Waals surface area contributed by atoms with E-state index in [0.717, 1.165) is 5.69 Å². The van der Waals surface area contributed by atoms with E-state index in [-0.39, 0.29) is 6.71 Å². The zero-order valence-corrected chi connectivity index (χ0v) is 29.9. The maximum absolute atomic E-state index is 2.60. The van der Waals surface area contributed by atoms with Crippen molar-refractivity contribution in [3.63, 3.8) is 0 Å². The molecular weight excluding hydrogens is 663 g/mol. The molecule has 9 aromatic carbocycles. The smallest absolute Gasteiger partial charge is 0.252 e. The molecule has 55 heavy (non-hydrogen) atoms. The molecule has 0 saturated carbocycles. The lowest BCUT2D eigenvalue weighted by Gasteiger charge is -2.40. The molecular formula is C52H31BN2. The number of hydrogen-bond acceptors (Lipinski definition) is 1. The lowest BCUT2D eigenvalue weighted by atomic mass is 9.33. The highest BCUT2D eigenvalue weighted by Crippen LogP contribution is 2.50. The van der Waals surface area contributed by atoms with Crippen molar-refractivity contribution in [2.75, 3.05) is 4.90 Å². The van der Waals surface area contributed by atoms with Crippen LogP contribution < -0.4 is 21.3 Å². The molecule has 1 aliphatic carbocycles. The Morgan fingerprint density at radius 2 is 1.00 bits per heavy atom. The third-order valence-electron chi connectivity index (χ3n) is 12.5. The number of anilines is 3. The topological polar surface area (TPSA) is 8.17 Å². The van der Waals surface area contributed by atoms with E-state index >= 15 is 0 Å². The standard InChI is InChI=1S/C52H31BN2/c1-3-11-32(12-4-1)34-21-25-37(26-22-34)54-44-29-24-36(33-13-5-2-6-14-33)31-43(44)53-42-28-27-41-39-17-8-7-16-38(39)40-18-9-15-35-23-30-45-50(48(35)40)49(41)52(42)55(45)47-20-10-19-46(54)51(47)53/h1-31H. The van der Waals surface area contributed by atoms with Gasteiger partial charge < -0.3 is 9.47 Å². The van der Waals surface area contributed by atoms with Crippen LogP contribution >= 0.6 is 0 Å². The predicted molar refractivity (Wildman–Crippen MR) is 233 cm³/mol. The highest BCUT2D eigenvalue weighted by molar-refractivity contribution is 7.00. The van der Waals surface area contributed by atoms with Crippen LogP contribution in [0.5, 0.6) is 0 Å². The molecule has 3 heteroatoms. The van der Waals surface area contributed by atoms with E-state index in [1.54, 1.807) is 0 Å². The largest absolute Gasteiger partial charge is 0.311 e. The van der Waals surface area contributed by atoms with E-state index in [9.17, 15) is 0 Å². The summed E-state index contributed by atoms with van der Waals surface area (Å²) in [7, 11) is 0. The summed E-state index contributed by atoms with van der Waals surface area (Å²) in [4.78, 5) is 2.50. The number of fused-ring (bicyclic) bond motifs is 8. The van der Waals surface area contributed by atoms with Gasteiger partial charge in [-0.1, -0.05) is 152 Å². The third kappa shape index (κ3) is 3.84. The molecule has 0 spiro atoms. The average Bonchev–Trinajstić information content (AvgIpc) is 3.55. The van der Waals surface area contributed by atoms with Gasteiger partial charge in [-0.25, -0.2) is 0 Å². The van der Waals surface area contributed by atoms with Crippen LogP contribution in [0.4, 0.5) is 17.1 Å². The SMILES string of the molecule is c1ccc(-c2ccc(N3c4ccc(-c5ccccc5)cc4B4c5c3cccc5-n3c5ccc6cccc7c6c5c5c(ccc4c53)-c3ccccc3-7)cc2)cc1. The van der Waals surface area contributed by atoms with Gasteiger partial charge in [0, 0.05) is 33.5 Å². The first kappa shape index (κ1) is 29.4. The first-order valence-corrected chi connectivity index (χ1v) is 19.2. The van der Waals surface area contributed by atoms with Crippen molar-refractivity contribution in [2.45, 2.75) is 0 Å². The molecule has 2 aliphatic heterocycles. The molecule has 2 nitrogen and oxygen atoms in total. The molecule has 13 rings (SSSR count). The van der Waals surface area contributed by atoms with Crippen LogP contribution in [0.2, 0.25) is 0 Å². The zero-order valence-electron chi connectivity index (χ0n) is 29.9. The minimum atomic E-state index is 0.0554. The van der Waals surface area contributed by atoms with Crippen molar-refractivity contribution in [2.24, 2.45) is 0 Å². The summed E-state index contributed by atoms with van der Waals surface area (Å²) in [5.74, 6) is 0. The van der Waals surface area contributed by atoms with Crippen LogP contribution in [-0.2, 0) is 0 Å². The Hall–Kier alpha value is -7.10. The number of hydrogen-bond donors (Lipinski definition) is 0. The fourth-order valence-electron chi connectivity index (χ4n) is 10.3. The average molecular weight is 695 g/mol. The summed E-state index contributed by atoms with van der Waals surface area (Å²) < 4.78 is 2.60. The quantitative estimate of drug-likeness (QED) is 0.167. The number of rotatable bonds is 3. The van der Waals surface area contributed by atoms with E-state index in [0.29, 0.717) is 0 Å². The Balaban J connectivity index is 1.15. The first-order chi connectivity index (χ1) is 27.3. The Labute approximate surface area is 319 Å². The lowest BCUT2D eigenvalue weighted by molar-refractivity contribution is 1.18. The van der Waals surface area contributed by atoms with E-state index in [1.807, 2.05) is 0 Å². The van der Waals surface area contributed by atoms with Gasteiger partial charge in [-0.15, -0.1) is 0 Å². The van der Waals surface area contributed by atoms with Gasteiger partial charge in [0.1, 0.15) is 0 Å². The molecule has 0 atom stereocenters. The molecule has 3 aliphatic rings. The van der Waals surface area contributed by atoms with Crippen molar-refractivity contribution >= 4 is 72.7 Å². The summed E-state index contributed by atoms with van der Waals surface area (Å²) in [6.07, 6.45) is 0. The van der Waals surface area contributed by atoms with Crippen LogP contribution in [-0.4, -0.2) is 11.3 Å². The molecule has 3 heterocycles. The second-order valence-electron chi connectivity index (χ2n) is 15.2. The Morgan fingerprint density at radius 1 is 0.364 bits per heavy atom. The minimum absolute atomic E-state index is 0.0554. The van der Waals surface area contributed by atoms with Crippen molar-refractivity contribution in [1.82, 2.24) is 4.57 Å².